The number of carbonyl (C=O) groups is 1. The van der Waals surface area contributed by atoms with Gasteiger partial charge in [-0.2, -0.15) is 0 Å². The molecule has 0 atom stereocenters. The Balaban J connectivity index is 1.32. The Morgan fingerprint density at radius 3 is 2.55 bits per heavy atom. The number of rotatable bonds is 8. The second-order valence-electron chi connectivity index (χ2n) is 9.96. The van der Waals surface area contributed by atoms with Crippen molar-refractivity contribution in [1.82, 2.24) is 9.47 Å². The molecule has 0 saturated heterocycles. The zero-order valence-corrected chi connectivity index (χ0v) is 23.9. The molecule has 3 aromatic carbocycles. The molecule has 2 aromatic heterocycles. The predicted molar refractivity (Wildman–Crippen MR) is 164 cm³/mol. The van der Waals surface area contributed by atoms with Gasteiger partial charge in [-0.1, -0.05) is 72.3 Å². The van der Waals surface area contributed by atoms with Gasteiger partial charge in [0.15, 0.2) is 0 Å². The molecule has 5 nitrogen and oxygen atoms in total. The number of halogens is 1. The van der Waals surface area contributed by atoms with Crippen molar-refractivity contribution in [3.8, 4) is 0 Å². The summed E-state index contributed by atoms with van der Waals surface area (Å²) in [4.78, 5) is 21.7. The van der Waals surface area contributed by atoms with E-state index in [1.165, 1.54) is 16.0 Å². The van der Waals surface area contributed by atoms with Crippen LogP contribution in [-0.2, 0) is 30.8 Å². The van der Waals surface area contributed by atoms with Gasteiger partial charge in [0, 0.05) is 65.0 Å². The maximum Gasteiger partial charge on any atom is 0.341 e. The van der Waals surface area contributed by atoms with Gasteiger partial charge < -0.3 is 9.30 Å². The van der Waals surface area contributed by atoms with Gasteiger partial charge in [0.05, 0.1) is 12.2 Å². The molecule has 0 aliphatic carbocycles. The Morgan fingerprint density at radius 1 is 1.00 bits per heavy atom. The van der Waals surface area contributed by atoms with Crippen LogP contribution in [-0.4, -0.2) is 34.8 Å². The molecule has 0 radical (unpaired) electrons. The number of fused-ring (bicyclic) bond motifs is 2. The number of nitrogens with zero attached hydrogens (tertiary/aromatic N) is 3. The molecule has 0 fully saturated rings. The van der Waals surface area contributed by atoms with Crippen LogP contribution < -0.4 is 0 Å². The molecular weight excluding hydrogens is 538 g/mol. The highest BCUT2D eigenvalue weighted by atomic mass is 35.5. The molecule has 7 heteroatoms. The second-order valence-corrected chi connectivity index (χ2v) is 11.5. The average molecular weight is 568 g/mol. The highest BCUT2D eigenvalue weighted by Crippen LogP contribution is 2.40. The summed E-state index contributed by atoms with van der Waals surface area (Å²) in [6.07, 6.45) is 4.83. The molecule has 0 N–H and O–H groups in total. The summed E-state index contributed by atoms with van der Waals surface area (Å²) in [5.74, 6) is -0.283. The molecule has 6 rings (SSSR count). The third kappa shape index (κ3) is 5.61. The normalized spacial score (nSPS) is 13.7. The average Bonchev–Trinajstić information content (AvgIpc) is 3.51. The van der Waals surface area contributed by atoms with Gasteiger partial charge in [-0.25, -0.2) is 9.79 Å². The van der Waals surface area contributed by atoms with Crippen LogP contribution in [0.4, 0.5) is 5.00 Å². The smallest absolute Gasteiger partial charge is 0.341 e. The number of hydrogen-bond acceptors (Lipinski definition) is 5. The largest absolute Gasteiger partial charge is 0.462 e. The molecule has 1 aliphatic rings. The van der Waals surface area contributed by atoms with Crippen molar-refractivity contribution in [2.75, 3.05) is 13.2 Å². The Morgan fingerprint density at radius 2 is 1.75 bits per heavy atom. The third-order valence-corrected chi connectivity index (χ3v) is 8.63. The number of ether oxygens (including phenoxy) is 1. The Labute approximate surface area is 243 Å². The standard InChI is InChI=1S/C33H30ClN3O2S/c1-2-39-33(38)31-28-16-17-36(19-23-8-4-3-5-9-23)22-30(28)40-32(31)35-18-25-21-37(29-11-7-6-10-27(25)29)20-24-12-14-26(34)15-13-24/h3-15,18,21H,2,16-17,19-20,22H2,1H3. The van der Waals surface area contributed by atoms with Crippen LogP contribution in [0.15, 0.2) is 90.1 Å². The van der Waals surface area contributed by atoms with Crippen molar-refractivity contribution in [2.24, 2.45) is 4.99 Å². The molecule has 1 aliphatic heterocycles. The van der Waals surface area contributed by atoms with Crippen molar-refractivity contribution in [2.45, 2.75) is 33.0 Å². The summed E-state index contributed by atoms with van der Waals surface area (Å²) in [5.41, 5.74) is 6.32. The molecule has 0 saturated carbocycles. The summed E-state index contributed by atoms with van der Waals surface area (Å²) in [6, 6.07) is 26.8. The molecule has 0 spiro atoms. The van der Waals surface area contributed by atoms with Crippen LogP contribution in [0.3, 0.4) is 0 Å². The molecule has 202 valence electrons. The lowest BCUT2D eigenvalue weighted by Gasteiger charge is -2.27. The summed E-state index contributed by atoms with van der Waals surface area (Å²) in [5, 5.41) is 2.57. The van der Waals surface area contributed by atoms with Gasteiger partial charge in [-0.3, -0.25) is 4.90 Å². The van der Waals surface area contributed by atoms with Crippen LogP contribution in [0.1, 0.15) is 44.4 Å². The van der Waals surface area contributed by atoms with Crippen LogP contribution in [0, 0.1) is 0 Å². The van der Waals surface area contributed by atoms with Gasteiger partial charge >= 0.3 is 5.97 Å². The number of carbonyl (C=O) groups excluding carboxylic acids is 1. The lowest BCUT2D eigenvalue weighted by molar-refractivity contribution is 0.0526. The van der Waals surface area contributed by atoms with E-state index in [2.05, 4.69) is 58.1 Å². The zero-order valence-electron chi connectivity index (χ0n) is 22.3. The molecule has 0 bridgehead atoms. The minimum Gasteiger partial charge on any atom is -0.462 e. The molecule has 5 aromatic rings. The first-order valence-electron chi connectivity index (χ1n) is 13.5. The molecule has 0 unspecified atom stereocenters. The lowest BCUT2D eigenvalue weighted by atomic mass is 10.0. The quantitative estimate of drug-likeness (QED) is 0.141. The van der Waals surface area contributed by atoms with E-state index >= 15 is 0 Å². The third-order valence-electron chi connectivity index (χ3n) is 7.25. The number of thiophene rings is 1. The molecule has 0 amide bonds. The topological polar surface area (TPSA) is 46.8 Å². The Bertz CT molecular complexity index is 1670. The minimum absolute atomic E-state index is 0.283. The number of hydrogen-bond donors (Lipinski definition) is 0. The van der Waals surface area contributed by atoms with E-state index in [9.17, 15) is 4.79 Å². The summed E-state index contributed by atoms with van der Waals surface area (Å²) in [7, 11) is 0. The van der Waals surface area contributed by atoms with Crippen LogP contribution in [0.2, 0.25) is 5.02 Å². The Hall–Kier alpha value is -3.71. The summed E-state index contributed by atoms with van der Waals surface area (Å²) in [6.45, 7) is 5.49. The minimum atomic E-state index is -0.283. The van der Waals surface area contributed by atoms with E-state index in [4.69, 9.17) is 21.3 Å². The van der Waals surface area contributed by atoms with E-state index in [1.54, 1.807) is 11.3 Å². The van der Waals surface area contributed by atoms with Crippen molar-refractivity contribution in [1.29, 1.82) is 0 Å². The highest BCUT2D eigenvalue weighted by molar-refractivity contribution is 7.16. The first-order chi connectivity index (χ1) is 19.6. The SMILES string of the molecule is CCOC(=O)c1c(N=Cc2cn(Cc3ccc(Cl)cc3)c3ccccc23)sc2c1CCN(Cc1ccccc1)C2. The zero-order chi connectivity index (χ0) is 27.5. The van der Waals surface area contributed by atoms with E-state index in [0.29, 0.717) is 12.2 Å². The maximum atomic E-state index is 13.1. The van der Waals surface area contributed by atoms with Crippen LogP contribution in [0.25, 0.3) is 10.9 Å². The number of aliphatic imine (C=N–C) groups is 1. The van der Waals surface area contributed by atoms with Gasteiger partial charge in [-0.05, 0) is 48.2 Å². The van der Waals surface area contributed by atoms with E-state index in [-0.39, 0.29) is 5.97 Å². The molecular formula is C33H30ClN3O2S. The van der Waals surface area contributed by atoms with Crippen molar-refractivity contribution in [3.63, 3.8) is 0 Å². The first kappa shape index (κ1) is 26.5. The lowest BCUT2D eigenvalue weighted by Crippen LogP contribution is -2.29. The molecule has 40 heavy (non-hydrogen) atoms. The van der Waals surface area contributed by atoms with E-state index < -0.39 is 0 Å². The van der Waals surface area contributed by atoms with Crippen molar-refractivity contribution < 1.29 is 9.53 Å². The monoisotopic (exact) mass is 567 g/mol. The van der Waals surface area contributed by atoms with Crippen molar-refractivity contribution in [3.05, 3.63) is 123 Å². The van der Waals surface area contributed by atoms with Crippen molar-refractivity contribution >= 4 is 51.0 Å². The number of aromatic nitrogens is 1. The van der Waals surface area contributed by atoms with Crippen LogP contribution >= 0.6 is 22.9 Å². The second kappa shape index (κ2) is 11.8. The molecule has 3 heterocycles. The fourth-order valence-corrected chi connectivity index (χ4v) is 6.69. The van der Waals surface area contributed by atoms with Gasteiger partial charge in [-0.15, -0.1) is 11.3 Å². The fraction of sp³-hybridized carbons (Fsp3) is 0.212. The Kier molecular flexibility index (Phi) is 7.82. The predicted octanol–water partition coefficient (Wildman–Crippen LogP) is 7.89. The van der Waals surface area contributed by atoms with Gasteiger partial charge in [0.1, 0.15) is 5.00 Å². The number of esters is 1. The number of para-hydroxylation sites is 1. The maximum absolute atomic E-state index is 13.1. The first-order valence-corrected chi connectivity index (χ1v) is 14.7. The highest BCUT2D eigenvalue weighted by Gasteiger charge is 2.28. The van der Waals surface area contributed by atoms with Crippen LogP contribution in [0.5, 0.6) is 0 Å². The van der Waals surface area contributed by atoms with Gasteiger partial charge in [0.2, 0.25) is 0 Å². The summed E-state index contributed by atoms with van der Waals surface area (Å²) >= 11 is 7.70. The van der Waals surface area contributed by atoms with Gasteiger partial charge in [0.25, 0.3) is 0 Å². The van der Waals surface area contributed by atoms with E-state index in [0.717, 1.165) is 64.7 Å². The number of benzene rings is 3. The summed E-state index contributed by atoms with van der Waals surface area (Å²) < 4.78 is 7.71. The van der Waals surface area contributed by atoms with E-state index in [1.807, 2.05) is 49.5 Å². The fourth-order valence-electron chi connectivity index (χ4n) is 5.35.